The molecule has 30 heavy (non-hydrogen) atoms. The van der Waals surface area contributed by atoms with Crippen LogP contribution in [-0.2, 0) is 6.42 Å². The van der Waals surface area contributed by atoms with Crippen LogP contribution in [0.5, 0.6) is 0 Å². The van der Waals surface area contributed by atoms with Crippen molar-refractivity contribution in [1.29, 1.82) is 0 Å². The maximum atomic E-state index is 10.6. The molecule has 1 aromatic carbocycles. The Kier molecular flexibility index (Phi) is 6.30. The molecule has 4 aromatic rings. The molecule has 7 heteroatoms. The molecule has 156 valence electrons. The van der Waals surface area contributed by atoms with E-state index in [1.807, 2.05) is 37.4 Å². The van der Waals surface area contributed by atoms with Crippen molar-refractivity contribution < 1.29 is 5.11 Å². The minimum atomic E-state index is -0.612. The first-order valence-electron chi connectivity index (χ1n) is 10.3. The number of benzene rings is 1. The Morgan fingerprint density at radius 1 is 1.23 bits per heavy atom. The van der Waals surface area contributed by atoms with Crippen molar-refractivity contribution >= 4 is 33.0 Å². The highest BCUT2D eigenvalue weighted by Crippen LogP contribution is 2.29. The van der Waals surface area contributed by atoms with Crippen molar-refractivity contribution in [1.82, 2.24) is 20.0 Å². The number of rotatable bonds is 7. The van der Waals surface area contributed by atoms with Crippen LogP contribution < -0.4 is 10.6 Å². The maximum absolute atomic E-state index is 10.6. The highest BCUT2D eigenvalue weighted by molar-refractivity contribution is 7.19. The second-order valence-electron chi connectivity index (χ2n) is 7.25. The number of aryl methyl sites for hydroxylation is 1. The Balaban J connectivity index is 1.36. The quantitative estimate of drug-likeness (QED) is 0.314. The molecule has 0 aliphatic heterocycles. The van der Waals surface area contributed by atoms with Crippen LogP contribution in [-0.4, -0.2) is 40.1 Å². The number of pyridine rings is 1. The van der Waals surface area contributed by atoms with Crippen molar-refractivity contribution in [2.45, 2.75) is 26.4 Å². The van der Waals surface area contributed by atoms with Crippen LogP contribution in [0.3, 0.4) is 0 Å². The van der Waals surface area contributed by atoms with Crippen LogP contribution in [0.25, 0.3) is 15.7 Å². The van der Waals surface area contributed by atoms with E-state index in [2.05, 4.69) is 51.3 Å². The van der Waals surface area contributed by atoms with Crippen LogP contribution in [0, 0.1) is 6.92 Å². The number of aliphatic hydroxyl groups is 1. The van der Waals surface area contributed by atoms with Crippen LogP contribution in [0.2, 0.25) is 0 Å². The fraction of sp³-hybridized carbons (Fsp3) is 0.304. The second-order valence-corrected chi connectivity index (χ2v) is 8.37. The molecule has 0 spiro atoms. The zero-order valence-corrected chi connectivity index (χ0v) is 18.1. The Hall–Kier alpha value is -2.90. The third-order valence-corrected chi connectivity index (χ3v) is 6.16. The number of nitrogens with zero attached hydrogens (tertiary/aromatic N) is 3. The van der Waals surface area contributed by atoms with Gasteiger partial charge in [-0.3, -0.25) is 4.99 Å². The van der Waals surface area contributed by atoms with Crippen molar-refractivity contribution in [3.05, 3.63) is 71.0 Å². The number of aliphatic hydroxyl groups excluding tert-OH is 1. The lowest BCUT2D eigenvalue weighted by atomic mass is 10.2. The number of hydrogen-bond donors (Lipinski definition) is 3. The smallest absolute Gasteiger partial charge is 0.191 e. The van der Waals surface area contributed by atoms with Gasteiger partial charge >= 0.3 is 0 Å². The molecule has 1 atom stereocenters. The van der Waals surface area contributed by atoms with Gasteiger partial charge in [0, 0.05) is 41.5 Å². The van der Waals surface area contributed by atoms with Crippen molar-refractivity contribution in [3.63, 3.8) is 0 Å². The van der Waals surface area contributed by atoms with Gasteiger partial charge in [0.2, 0.25) is 0 Å². The van der Waals surface area contributed by atoms with Gasteiger partial charge in [0.05, 0.1) is 12.2 Å². The Morgan fingerprint density at radius 2 is 2.10 bits per heavy atom. The van der Waals surface area contributed by atoms with Crippen LogP contribution in [0.15, 0.2) is 59.9 Å². The minimum absolute atomic E-state index is 0.315. The van der Waals surface area contributed by atoms with E-state index in [0.29, 0.717) is 19.0 Å². The fourth-order valence-electron chi connectivity index (χ4n) is 3.41. The number of imidazole rings is 1. The molecular weight excluding hydrogens is 394 g/mol. The summed E-state index contributed by atoms with van der Waals surface area (Å²) in [5, 5.41) is 18.3. The molecule has 6 nitrogen and oxygen atoms in total. The molecular formula is C23H27N5OS. The molecule has 0 saturated heterocycles. The molecule has 4 rings (SSSR count). The highest BCUT2D eigenvalue weighted by Gasteiger charge is 2.11. The summed E-state index contributed by atoms with van der Waals surface area (Å²) in [6, 6.07) is 14.3. The molecule has 3 heterocycles. The van der Waals surface area contributed by atoms with Gasteiger partial charge in [-0.05, 0) is 43.0 Å². The minimum Gasteiger partial charge on any atom is -0.386 e. The molecule has 1 unspecified atom stereocenters. The molecule has 0 amide bonds. The molecule has 0 saturated carbocycles. The first-order valence-corrected chi connectivity index (χ1v) is 11.1. The second kappa shape index (κ2) is 9.28. The average molecular weight is 422 g/mol. The summed E-state index contributed by atoms with van der Waals surface area (Å²) in [6.45, 7) is 5.90. The average Bonchev–Trinajstić information content (AvgIpc) is 3.36. The van der Waals surface area contributed by atoms with Crippen molar-refractivity contribution in [2.24, 2.45) is 4.99 Å². The van der Waals surface area contributed by atoms with E-state index in [0.717, 1.165) is 34.6 Å². The number of guanidine groups is 1. The zero-order chi connectivity index (χ0) is 20.9. The number of aliphatic imine (C=N–C) groups is 1. The Morgan fingerprint density at radius 3 is 2.90 bits per heavy atom. The SMILES string of the molecule is CCNC(=NCC(O)c1cc2ccccc2s1)NCCc1cn2cccc(C)c2n1. The number of fused-ring (bicyclic) bond motifs is 2. The normalized spacial score (nSPS) is 13.1. The van der Waals surface area contributed by atoms with E-state index in [1.54, 1.807) is 11.3 Å². The van der Waals surface area contributed by atoms with Gasteiger partial charge in [0.15, 0.2) is 5.96 Å². The third-order valence-electron chi connectivity index (χ3n) is 4.94. The monoisotopic (exact) mass is 421 g/mol. The summed E-state index contributed by atoms with van der Waals surface area (Å²) in [7, 11) is 0. The first-order chi connectivity index (χ1) is 14.6. The van der Waals surface area contributed by atoms with Crippen molar-refractivity contribution in [2.75, 3.05) is 19.6 Å². The van der Waals surface area contributed by atoms with Crippen LogP contribution in [0.4, 0.5) is 0 Å². The van der Waals surface area contributed by atoms with Gasteiger partial charge < -0.3 is 20.1 Å². The first kappa shape index (κ1) is 20.4. The predicted octanol–water partition coefficient (Wildman–Crippen LogP) is 3.69. The summed E-state index contributed by atoms with van der Waals surface area (Å²) in [4.78, 5) is 10.2. The standard InChI is InChI=1S/C23H27N5OS/c1-3-24-23(25-11-10-18-15-28-12-6-7-16(2)22(28)27-18)26-14-19(29)21-13-17-8-4-5-9-20(17)30-21/h4-9,12-13,15,19,29H,3,10-11,14H2,1-2H3,(H2,24,25,26). The zero-order valence-electron chi connectivity index (χ0n) is 17.3. The number of hydrogen-bond acceptors (Lipinski definition) is 4. The van der Waals surface area contributed by atoms with Crippen LogP contribution in [0.1, 0.15) is 29.2 Å². The van der Waals surface area contributed by atoms with E-state index < -0.39 is 6.10 Å². The molecule has 3 N–H and O–H groups in total. The molecule has 0 radical (unpaired) electrons. The van der Waals surface area contributed by atoms with E-state index in [4.69, 9.17) is 4.98 Å². The molecule has 0 bridgehead atoms. The van der Waals surface area contributed by atoms with Gasteiger partial charge in [-0.15, -0.1) is 11.3 Å². The molecule has 0 aliphatic rings. The largest absolute Gasteiger partial charge is 0.386 e. The van der Waals surface area contributed by atoms with Crippen LogP contribution >= 0.6 is 11.3 Å². The van der Waals surface area contributed by atoms with Gasteiger partial charge in [0.1, 0.15) is 11.8 Å². The number of thiophene rings is 1. The molecule has 0 aliphatic carbocycles. The van der Waals surface area contributed by atoms with E-state index in [-0.39, 0.29) is 0 Å². The number of aromatic nitrogens is 2. The predicted molar refractivity (Wildman–Crippen MR) is 124 cm³/mol. The maximum Gasteiger partial charge on any atom is 0.191 e. The van der Waals surface area contributed by atoms with Gasteiger partial charge in [-0.1, -0.05) is 24.3 Å². The van der Waals surface area contributed by atoms with E-state index in [9.17, 15) is 5.11 Å². The molecule has 0 fully saturated rings. The lowest BCUT2D eigenvalue weighted by molar-refractivity contribution is 0.191. The Labute approximate surface area is 180 Å². The summed E-state index contributed by atoms with van der Waals surface area (Å²) >= 11 is 1.62. The summed E-state index contributed by atoms with van der Waals surface area (Å²) < 4.78 is 3.24. The number of nitrogens with one attached hydrogen (secondary N) is 2. The van der Waals surface area contributed by atoms with Crippen molar-refractivity contribution in [3.8, 4) is 0 Å². The lowest BCUT2D eigenvalue weighted by Gasteiger charge is -2.12. The fourth-order valence-corrected chi connectivity index (χ4v) is 4.45. The third kappa shape index (κ3) is 4.63. The van der Waals surface area contributed by atoms with E-state index in [1.165, 1.54) is 10.3 Å². The van der Waals surface area contributed by atoms with Gasteiger partial charge in [-0.2, -0.15) is 0 Å². The van der Waals surface area contributed by atoms with Gasteiger partial charge in [0.25, 0.3) is 0 Å². The summed E-state index contributed by atoms with van der Waals surface area (Å²) in [5.74, 6) is 0.706. The topological polar surface area (TPSA) is 74.0 Å². The highest BCUT2D eigenvalue weighted by atomic mass is 32.1. The lowest BCUT2D eigenvalue weighted by Crippen LogP contribution is -2.38. The summed E-state index contributed by atoms with van der Waals surface area (Å²) in [5.41, 5.74) is 3.21. The summed E-state index contributed by atoms with van der Waals surface area (Å²) in [6.07, 6.45) is 4.27. The van der Waals surface area contributed by atoms with E-state index >= 15 is 0 Å². The molecule has 3 aromatic heterocycles. The van der Waals surface area contributed by atoms with Gasteiger partial charge in [-0.25, -0.2) is 4.98 Å². The Bertz CT molecular complexity index is 1130.